The molecule has 1 amide bonds. The van der Waals surface area contributed by atoms with Gasteiger partial charge in [0.25, 0.3) is 5.91 Å². The molecule has 0 radical (unpaired) electrons. The summed E-state index contributed by atoms with van der Waals surface area (Å²) in [6.07, 6.45) is -0.0567. The summed E-state index contributed by atoms with van der Waals surface area (Å²) < 4.78 is 5.90. The maximum Gasteiger partial charge on any atom is 0.254 e. The lowest BCUT2D eigenvalue weighted by atomic mass is 10.0. The topological polar surface area (TPSA) is 29.5 Å². The van der Waals surface area contributed by atoms with E-state index >= 15 is 0 Å². The molecule has 3 aromatic rings. The fourth-order valence-corrected chi connectivity index (χ4v) is 3.32. The highest BCUT2D eigenvalue weighted by Gasteiger charge is 2.26. The number of hydrogen-bond acceptors (Lipinski definition) is 2. The summed E-state index contributed by atoms with van der Waals surface area (Å²) in [5.41, 5.74) is 3.09. The van der Waals surface area contributed by atoms with Crippen molar-refractivity contribution in [2.24, 2.45) is 0 Å². The Morgan fingerprint density at radius 2 is 1.76 bits per heavy atom. The molecule has 0 aliphatic carbocycles. The van der Waals surface area contributed by atoms with Crippen LogP contribution in [0.25, 0.3) is 10.8 Å². The first kappa shape index (κ1) is 15.9. The summed E-state index contributed by atoms with van der Waals surface area (Å²) in [4.78, 5) is 14.8. The maximum atomic E-state index is 12.9. The molecule has 3 heteroatoms. The molecule has 1 aliphatic heterocycles. The molecule has 0 bridgehead atoms. The van der Waals surface area contributed by atoms with E-state index in [4.69, 9.17) is 4.74 Å². The number of rotatable bonds is 2. The highest BCUT2D eigenvalue weighted by atomic mass is 16.5. The molecule has 0 saturated carbocycles. The minimum Gasteiger partial charge on any atom is -0.370 e. The van der Waals surface area contributed by atoms with Crippen LogP contribution in [0.15, 0.2) is 66.7 Å². The van der Waals surface area contributed by atoms with Gasteiger partial charge in [0.15, 0.2) is 0 Å². The SMILES string of the molecule is Cc1ccc(C2CN(C(=O)c3ccc4ccccc4c3)CCO2)cc1. The van der Waals surface area contributed by atoms with E-state index < -0.39 is 0 Å². The summed E-state index contributed by atoms with van der Waals surface area (Å²) in [7, 11) is 0. The van der Waals surface area contributed by atoms with E-state index in [0.29, 0.717) is 19.7 Å². The van der Waals surface area contributed by atoms with Crippen LogP contribution in [0.3, 0.4) is 0 Å². The first-order valence-electron chi connectivity index (χ1n) is 8.67. The van der Waals surface area contributed by atoms with E-state index in [0.717, 1.165) is 21.9 Å². The van der Waals surface area contributed by atoms with Gasteiger partial charge in [0, 0.05) is 12.1 Å². The predicted molar refractivity (Wildman–Crippen MR) is 99.7 cm³/mol. The number of benzene rings is 3. The van der Waals surface area contributed by atoms with Crippen molar-refractivity contribution < 1.29 is 9.53 Å². The molecule has 0 N–H and O–H groups in total. The molecule has 3 nitrogen and oxygen atoms in total. The van der Waals surface area contributed by atoms with Gasteiger partial charge in [-0.05, 0) is 35.4 Å². The van der Waals surface area contributed by atoms with Gasteiger partial charge in [0.05, 0.1) is 13.2 Å². The van der Waals surface area contributed by atoms with Crippen LogP contribution >= 0.6 is 0 Å². The molecular weight excluding hydrogens is 310 g/mol. The highest BCUT2D eigenvalue weighted by molar-refractivity contribution is 5.98. The molecule has 25 heavy (non-hydrogen) atoms. The first-order valence-corrected chi connectivity index (χ1v) is 8.67. The Morgan fingerprint density at radius 1 is 1.00 bits per heavy atom. The van der Waals surface area contributed by atoms with Crippen molar-refractivity contribution in [3.63, 3.8) is 0 Å². The third-order valence-corrected chi connectivity index (χ3v) is 4.80. The molecule has 0 aromatic heterocycles. The lowest BCUT2D eigenvalue weighted by molar-refractivity contribution is -0.0228. The monoisotopic (exact) mass is 331 g/mol. The van der Waals surface area contributed by atoms with Crippen LogP contribution in [-0.2, 0) is 4.74 Å². The number of fused-ring (bicyclic) bond motifs is 1. The van der Waals surface area contributed by atoms with Gasteiger partial charge in [-0.25, -0.2) is 0 Å². The normalized spacial score (nSPS) is 17.6. The van der Waals surface area contributed by atoms with Crippen molar-refractivity contribution in [3.8, 4) is 0 Å². The molecule has 1 saturated heterocycles. The van der Waals surface area contributed by atoms with Crippen molar-refractivity contribution >= 4 is 16.7 Å². The summed E-state index contributed by atoms with van der Waals surface area (Å²) in [5.74, 6) is 0.0752. The van der Waals surface area contributed by atoms with Crippen molar-refractivity contribution in [1.82, 2.24) is 4.90 Å². The highest BCUT2D eigenvalue weighted by Crippen LogP contribution is 2.24. The van der Waals surface area contributed by atoms with Crippen LogP contribution in [0.2, 0.25) is 0 Å². The van der Waals surface area contributed by atoms with Crippen molar-refractivity contribution in [2.45, 2.75) is 13.0 Å². The average Bonchev–Trinajstić information content (AvgIpc) is 2.68. The molecule has 4 rings (SSSR count). The minimum absolute atomic E-state index is 0.0567. The van der Waals surface area contributed by atoms with Crippen molar-refractivity contribution in [3.05, 3.63) is 83.4 Å². The third-order valence-electron chi connectivity index (χ3n) is 4.80. The van der Waals surface area contributed by atoms with E-state index in [-0.39, 0.29) is 12.0 Å². The van der Waals surface area contributed by atoms with Gasteiger partial charge < -0.3 is 9.64 Å². The molecule has 3 aromatic carbocycles. The molecule has 0 spiro atoms. The van der Waals surface area contributed by atoms with Crippen molar-refractivity contribution in [1.29, 1.82) is 0 Å². The summed E-state index contributed by atoms with van der Waals surface area (Å²) in [6, 6.07) is 22.4. The van der Waals surface area contributed by atoms with Crippen LogP contribution in [0.4, 0.5) is 0 Å². The summed E-state index contributed by atoms with van der Waals surface area (Å²) >= 11 is 0. The number of carbonyl (C=O) groups excluding carboxylic acids is 1. The number of amides is 1. The number of nitrogens with zero attached hydrogens (tertiary/aromatic N) is 1. The van der Waals surface area contributed by atoms with Crippen LogP contribution in [0.1, 0.15) is 27.6 Å². The second-order valence-corrected chi connectivity index (χ2v) is 6.58. The summed E-state index contributed by atoms with van der Waals surface area (Å²) in [5, 5.41) is 2.25. The summed E-state index contributed by atoms with van der Waals surface area (Å²) in [6.45, 7) is 3.86. The Bertz CT molecular complexity index is 901. The van der Waals surface area contributed by atoms with Crippen LogP contribution < -0.4 is 0 Å². The predicted octanol–water partition coefficient (Wildman–Crippen LogP) is 4.36. The van der Waals surface area contributed by atoms with Gasteiger partial charge in [-0.15, -0.1) is 0 Å². The fourth-order valence-electron chi connectivity index (χ4n) is 3.32. The average molecular weight is 331 g/mol. The van der Waals surface area contributed by atoms with Crippen LogP contribution in [0.5, 0.6) is 0 Å². The van der Waals surface area contributed by atoms with Crippen molar-refractivity contribution in [2.75, 3.05) is 19.7 Å². The number of aryl methyl sites for hydroxylation is 1. The van der Waals surface area contributed by atoms with Crippen LogP contribution in [0, 0.1) is 6.92 Å². The van der Waals surface area contributed by atoms with E-state index in [1.54, 1.807) is 0 Å². The largest absolute Gasteiger partial charge is 0.370 e. The Balaban J connectivity index is 1.55. The van der Waals surface area contributed by atoms with Gasteiger partial charge in [-0.2, -0.15) is 0 Å². The Hall–Kier alpha value is -2.65. The fraction of sp³-hybridized carbons (Fsp3) is 0.227. The third kappa shape index (κ3) is 3.28. The van der Waals surface area contributed by atoms with Gasteiger partial charge in [-0.1, -0.05) is 60.2 Å². The number of hydrogen-bond donors (Lipinski definition) is 0. The second kappa shape index (κ2) is 6.69. The lowest BCUT2D eigenvalue weighted by Gasteiger charge is -2.33. The molecule has 126 valence electrons. The standard InChI is InChI=1S/C22H21NO2/c1-16-6-8-18(9-7-16)21-15-23(12-13-25-21)22(24)20-11-10-17-4-2-3-5-19(17)14-20/h2-11,14,21H,12-13,15H2,1H3. The Morgan fingerprint density at radius 3 is 2.56 bits per heavy atom. The maximum absolute atomic E-state index is 12.9. The Kier molecular flexibility index (Phi) is 4.24. The molecule has 1 atom stereocenters. The first-order chi connectivity index (χ1) is 12.2. The zero-order chi connectivity index (χ0) is 17.2. The quantitative estimate of drug-likeness (QED) is 0.698. The smallest absolute Gasteiger partial charge is 0.254 e. The van der Waals surface area contributed by atoms with Gasteiger partial charge >= 0.3 is 0 Å². The molecule has 1 aliphatic rings. The molecule has 1 heterocycles. The zero-order valence-corrected chi connectivity index (χ0v) is 14.3. The minimum atomic E-state index is -0.0567. The molecular formula is C22H21NO2. The van der Waals surface area contributed by atoms with E-state index in [2.05, 4.69) is 37.3 Å². The van der Waals surface area contributed by atoms with Gasteiger partial charge in [-0.3, -0.25) is 4.79 Å². The van der Waals surface area contributed by atoms with Gasteiger partial charge in [0.1, 0.15) is 6.10 Å². The van der Waals surface area contributed by atoms with Crippen LogP contribution in [-0.4, -0.2) is 30.5 Å². The number of ether oxygens (including phenoxy) is 1. The van der Waals surface area contributed by atoms with E-state index in [9.17, 15) is 4.79 Å². The second-order valence-electron chi connectivity index (χ2n) is 6.58. The van der Waals surface area contributed by atoms with E-state index in [1.807, 2.05) is 41.3 Å². The molecule has 1 fully saturated rings. The number of carbonyl (C=O) groups is 1. The lowest BCUT2D eigenvalue weighted by Crippen LogP contribution is -2.42. The number of morpholine rings is 1. The Labute approximate surface area is 147 Å². The van der Waals surface area contributed by atoms with E-state index in [1.165, 1.54) is 5.56 Å². The zero-order valence-electron chi connectivity index (χ0n) is 14.3. The molecule has 1 unspecified atom stereocenters. The van der Waals surface area contributed by atoms with Gasteiger partial charge in [0.2, 0.25) is 0 Å².